The fourth-order valence-corrected chi connectivity index (χ4v) is 3.12. The van der Waals surface area contributed by atoms with Gasteiger partial charge in [-0.25, -0.2) is 0 Å². The molecule has 0 spiro atoms. The molecule has 3 nitrogen and oxygen atoms in total. The van der Waals surface area contributed by atoms with Gasteiger partial charge in [-0.15, -0.1) is 0 Å². The molecule has 3 rings (SSSR count). The van der Waals surface area contributed by atoms with E-state index < -0.39 is 0 Å². The van der Waals surface area contributed by atoms with E-state index in [1.54, 1.807) is 0 Å². The monoisotopic (exact) mass is 476 g/mol. The summed E-state index contributed by atoms with van der Waals surface area (Å²) in [6.45, 7) is 29.0. The van der Waals surface area contributed by atoms with Crippen molar-refractivity contribution < 1.29 is 14.2 Å². The largest absolute Gasteiger partial charge is 0.458 e. The topological polar surface area (TPSA) is 27.7 Å². The highest BCUT2D eigenvalue weighted by molar-refractivity contribution is 5.77. The summed E-state index contributed by atoms with van der Waals surface area (Å²) in [5.74, 6) is 3.65. The van der Waals surface area contributed by atoms with Crippen molar-refractivity contribution >= 4 is 0 Å². The zero-order chi connectivity index (χ0) is 26.4. The van der Waals surface area contributed by atoms with Crippen molar-refractivity contribution in [3.8, 4) is 39.5 Å². The summed E-state index contributed by atoms with van der Waals surface area (Å²) in [5.41, 5.74) is 6.23. The quantitative estimate of drug-likeness (QED) is 0.204. The first-order valence-electron chi connectivity index (χ1n) is 11.5. The molecule has 0 atom stereocenters. The van der Waals surface area contributed by atoms with Crippen LogP contribution >= 0.6 is 0 Å². The first-order valence-corrected chi connectivity index (χ1v) is 11.5. The van der Waals surface area contributed by atoms with Gasteiger partial charge in [0.25, 0.3) is 0 Å². The minimum atomic E-state index is 0.508. The van der Waals surface area contributed by atoms with E-state index >= 15 is 0 Å². The van der Waals surface area contributed by atoms with Crippen LogP contribution in [0.15, 0.2) is 140 Å². The van der Waals surface area contributed by atoms with Crippen molar-refractivity contribution in [1.82, 2.24) is 0 Å². The molecule has 0 amide bonds. The molecule has 0 radical (unpaired) electrons. The summed E-state index contributed by atoms with van der Waals surface area (Å²) in [5, 5.41) is 0. The van der Waals surface area contributed by atoms with Gasteiger partial charge in [-0.3, -0.25) is 0 Å². The van der Waals surface area contributed by atoms with Gasteiger partial charge in [0.1, 0.15) is 34.5 Å². The Kier molecular flexibility index (Phi) is 8.18. The standard InChI is InChI=1S/C33H32O3/c1-21(2)24(7)34-30-15-10-27(11-16-30)29-14-19-32(33(20-29)36-26(9)23(5)6)28-12-17-31(18-13-28)35-25(8)22(3)4/h10-20H,1,3,5,7-9H2,2,4,6H3. The zero-order valence-electron chi connectivity index (χ0n) is 21.3. The molecule has 3 aromatic carbocycles. The Labute approximate surface area is 214 Å². The van der Waals surface area contributed by atoms with Crippen molar-refractivity contribution in [1.29, 1.82) is 0 Å². The van der Waals surface area contributed by atoms with Crippen LogP contribution in [-0.2, 0) is 0 Å². The Bertz CT molecular complexity index is 1350. The lowest BCUT2D eigenvalue weighted by molar-refractivity contribution is 0.438. The summed E-state index contributed by atoms with van der Waals surface area (Å²) in [7, 11) is 0. The van der Waals surface area contributed by atoms with Crippen LogP contribution in [0, 0.1) is 0 Å². The predicted octanol–water partition coefficient (Wildman–Crippen LogP) is 9.43. The van der Waals surface area contributed by atoms with E-state index in [4.69, 9.17) is 14.2 Å². The molecule has 0 saturated carbocycles. The lowest BCUT2D eigenvalue weighted by Gasteiger charge is -2.16. The van der Waals surface area contributed by atoms with E-state index in [9.17, 15) is 0 Å². The Morgan fingerprint density at radius 2 is 0.861 bits per heavy atom. The number of ether oxygens (including phenoxy) is 3. The van der Waals surface area contributed by atoms with E-state index in [0.717, 1.165) is 39.0 Å². The van der Waals surface area contributed by atoms with Crippen molar-refractivity contribution in [2.75, 3.05) is 0 Å². The molecule has 0 aliphatic rings. The summed E-state index contributed by atoms with van der Waals surface area (Å²) in [4.78, 5) is 0. The molecule has 0 unspecified atom stereocenters. The molecule has 0 fully saturated rings. The first kappa shape index (κ1) is 26.1. The van der Waals surface area contributed by atoms with Gasteiger partial charge in [-0.05, 0) is 84.5 Å². The second-order valence-corrected chi connectivity index (χ2v) is 8.68. The van der Waals surface area contributed by atoms with Crippen molar-refractivity contribution in [2.24, 2.45) is 0 Å². The highest BCUT2D eigenvalue weighted by atomic mass is 16.5. The van der Waals surface area contributed by atoms with Crippen LogP contribution in [0.5, 0.6) is 17.2 Å². The van der Waals surface area contributed by atoms with Gasteiger partial charge in [-0.2, -0.15) is 0 Å². The van der Waals surface area contributed by atoms with Crippen molar-refractivity contribution in [3.63, 3.8) is 0 Å². The van der Waals surface area contributed by atoms with Crippen LogP contribution in [0.1, 0.15) is 20.8 Å². The molecular weight excluding hydrogens is 444 g/mol. The van der Waals surface area contributed by atoms with Crippen LogP contribution in [0.4, 0.5) is 0 Å². The Hall–Kier alpha value is -4.50. The third kappa shape index (κ3) is 6.55. The van der Waals surface area contributed by atoms with E-state index in [1.807, 2.05) is 81.4 Å². The van der Waals surface area contributed by atoms with Crippen molar-refractivity contribution in [2.45, 2.75) is 20.8 Å². The fourth-order valence-electron chi connectivity index (χ4n) is 3.12. The second kappa shape index (κ2) is 11.3. The van der Waals surface area contributed by atoms with Gasteiger partial charge in [-0.1, -0.05) is 75.9 Å². The van der Waals surface area contributed by atoms with E-state index in [1.165, 1.54) is 0 Å². The molecule has 0 saturated heterocycles. The lowest BCUT2D eigenvalue weighted by atomic mass is 9.99. The van der Waals surface area contributed by atoms with Gasteiger partial charge < -0.3 is 14.2 Å². The maximum absolute atomic E-state index is 6.16. The second-order valence-electron chi connectivity index (χ2n) is 8.68. The Balaban J connectivity index is 1.94. The highest BCUT2D eigenvalue weighted by Gasteiger charge is 2.12. The normalized spacial score (nSPS) is 10.2. The molecule has 0 aromatic heterocycles. The van der Waals surface area contributed by atoms with Gasteiger partial charge in [0.2, 0.25) is 0 Å². The number of rotatable bonds is 11. The van der Waals surface area contributed by atoms with Gasteiger partial charge >= 0.3 is 0 Å². The minimum absolute atomic E-state index is 0.508. The molecule has 0 N–H and O–H groups in total. The predicted molar refractivity (Wildman–Crippen MR) is 151 cm³/mol. The zero-order valence-corrected chi connectivity index (χ0v) is 21.3. The molecule has 0 aliphatic heterocycles. The van der Waals surface area contributed by atoms with Crippen LogP contribution in [0.3, 0.4) is 0 Å². The number of hydrogen-bond acceptors (Lipinski definition) is 3. The van der Waals surface area contributed by atoms with Gasteiger partial charge in [0.15, 0.2) is 0 Å². The molecular formula is C33H32O3. The molecule has 0 heterocycles. The number of hydrogen-bond donors (Lipinski definition) is 0. The smallest absolute Gasteiger partial charge is 0.135 e. The molecule has 36 heavy (non-hydrogen) atoms. The molecule has 3 heteroatoms. The molecule has 0 bridgehead atoms. The highest BCUT2D eigenvalue weighted by Crippen LogP contribution is 2.37. The maximum Gasteiger partial charge on any atom is 0.135 e. The third-order valence-corrected chi connectivity index (χ3v) is 5.48. The van der Waals surface area contributed by atoms with Crippen LogP contribution < -0.4 is 14.2 Å². The van der Waals surface area contributed by atoms with Crippen LogP contribution in [-0.4, -0.2) is 0 Å². The number of benzene rings is 3. The Morgan fingerprint density at radius 1 is 0.472 bits per heavy atom. The first-order chi connectivity index (χ1) is 17.0. The van der Waals surface area contributed by atoms with E-state index in [-0.39, 0.29) is 0 Å². The summed E-state index contributed by atoms with van der Waals surface area (Å²) < 4.78 is 17.6. The van der Waals surface area contributed by atoms with Crippen LogP contribution in [0.25, 0.3) is 22.3 Å². The Morgan fingerprint density at radius 3 is 1.31 bits per heavy atom. The maximum atomic E-state index is 6.16. The summed E-state index contributed by atoms with van der Waals surface area (Å²) >= 11 is 0. The van der Waals surface area contributed by atoms with E-state index in [0.29, 0.717) is 34.5 Å². The SMILES string of the molecule is C=C(C)C(=C)Oc1ccc(-c2ccc(-c3ccc(OC(=C)C(=C)C)cc3)c(OC(=C)C(=C)C)c2)cc1. The summed E-state index contributed by atoms with van der Waals surface area (Å²) in [6, 6.07) is 21.6. The number of allylic oxidation sites excluding steroid dienone is 3. The van der Waals surface area contributed by atoms with Gasteiger partial charge in [0, 0.05) is 5.56 Å². The minimum Gasteiger partial charge on any atom is -0.458 e. The lowest BCUT2D eigenvalue weighted by Crippen LogP contribution is -1.97. The fraction of sp³-hybridized carbons (Fsp3) is 0.0909. The molecule has 0 aliphatic carbocycles. The summed E-state index contributed by atoms with van der Waals surface area (Å²) in [6.07, 6.45) is 0. The molecule has 182 valence electrons. The third-order valence-electron chi connectivity index (χ3n) is 5.48. The average Bonchev–Trinajstić information content (AvgIpc) is 2.84. The van der Waals surface area contributed by atoms with E-state index in [2.05, 4.69) is 45.5 Å². The van der Waals surface area contributed by atoms with Crippen LogP contribution in [0.2, 0.25) is 0 Å². The average molecular weight is 477 g/mol. The van der Waals surface area contributed by atoms with Gasteiger partial charge in [0.05, 0.1) is 0 Å². The molecule has 3 aromatic rings. The van der Waals surface area contributed by atoms with Crippen molar-refractivity contribution in [3.05, 3.63) is 140 Å².